The molecule has 1 unspecified atom stereocenters. The number of imidazole rings is 1. The Hall–Kier alpha value is -2.07. The smallest absolute Gasteiger partial charge is 0.189 e. The van der Waals surface area contributed by atoms with Crippen LogP contribution in [0.4, 0.5) is 0 Å². The van der Waals surface area contributed by atoms with Crippen LogP contribution < -0.4 is 5.73 Å². The molecule has 0 radical (unpaired) electrons. The first kappa shape index (κ1) is 12.9. The second-order valence-corrected chi connectivity index (χ2v) is 6.88. The highest BCUT2D eigenvalue weighted by molar-refractivity contribution is 7.90. The molecule has 0 saturated carbocycles. The molecule has 1 atom stereocenters. The number of hydrogen-bond donors (Lipinski definition) is 2. The first-order chi connectivity index (χ1) is 9.46. The van der Waals surface area contributed by atoms with Crippen molar-refractivity contribution in [1.29, 1.82) is 0 Å². The predicted octanol–water partition coefficient (Wildman–Crippen LogP) is -0.565. The predicted molar refractivity (Wildman–Crippen MR) is 71.7 cm³/mol. The fraction of sp³-hybridized carbons (Fsp3) is 0.400. The van der Waals surface area contributed by atoms with Crippen molar-refractivity contribution in [1.82, 2.24) is 29.5 Å². The molecule has 0 amide bonds. The van der Waals surface area contributed by atoms with Gasteiger partial charge in [0.05, 0.1) is 18.1 Å². The van der Waals surface area contributed by atoms with E-state index in [1.54, 1.807) is 4.40 Å². The molecule has 3 aromatic rings. The lowest BCUT2D eigenvalue weighted by Crippen LogP contribution is -2.18. The molecule has 0 aromatic carbocycles. The lowest BCUT2D eigenvalue weighted by molar-refractivity contribution is 0.585. The number of sulfone groups is 1. The van der Waals surface area contributed by atoms with Crippen LogP contribution in [0.15, 0.2) is 12.7 Å². The van der Waals surface area contributed by atoms with E-state index in [4.69, 9.17) is 5.73 Å². The van der Waals surface area contributed by atoms with Gasteiger partial charge in [-0.2, -0.15) is 0 Å². The summed E-state index contributed by atoms with van der Waals surface area (Å²) in [5, 5.41) is 8.09. The molecule has 10 heteroatoms. The van der Waals surface area contributed by atoms with E-state index in [2.05, 4.69) is 25.1 Å². The lowest BCUT2D eigenvalue weighted by atomic mass is 10.2. The zero-order valence-corrected chi connectivity index (χ0v) is 11.5. The average molecular weight is 295 g/mol. The summed E-state index contributed by atoms with van der Waals surface area (Å²) in [6.07, 6.45) is 4.52. The Bertz CT molecular complexity index is 866. The number of nitrogens with zero attached hydrogens (tertiary/aromatic N) is 5. The number of nitrogens with two attached hydrogens (primary N) is 1. The zero-order valence-electron chi connectivity index (χ0n) is 10.7. The number of aromatic nitrogens is 6. The number of nitrogens with one attached hydrogen (secondary N) is 1. The first-order valence-corrected chi connectivity index (χ1v) is 7.98. The molecule has 9 nitrogen and oxygen atoms in total. The summed E-state index contributed by atoms with van der Waals surface area (Å²) in [5.74, 6) is 0.482. The molecule has 0 spiro atoms. The minimum atomic E-state index is -3.06. The monoisotopic (exact) mass is 295 g/mol. The van der Waals surface area contributed by atoms with Gasteiger partial charge in [-0.25, -0.2) is 18.4 Å². The van der Waals surface area contributed by atoms with E-state index in [0.717, 1.165) is 0 Å². The molecular formula is C10H13N7O2S. The van der Waals surface area contributed by atoms with Crippen LogP contribution >= 0.6 is 0 Å². The Morgan fingerprint density at radius 3 is 2.95 bits per heavy atom. The summed E-state index contributed by atoms with van der Waals surface area (Å²) < 4.78 is 24.0. The van der Waals surface area contributed by atoms with Gasteiger partial charge in [0.15, 0.2) is 17.1 Å². The van der Waals surface area contributed by atoms with E-state index in [0.29, 0.717) is 22.6 Å². The van der Waals surface area contributed by atoms with Gasteiger partial charge >= 0.3 is 0 Å². The number of aromatic amines is 1. The fourth-order valence-corrected chi connectivity index (χ4v) is 2.65. The van der Waals surface area contributed by atoms with Crippen molar-refractivity contribution in [2.75, 3.05) is 12.0 Å². The van der Waals surface area contributed by atoms with Crippen LogP contribution in [0.2, 0.25) is 0 Å². The standard InChI is InChI=1S/C10H13N7O2S/c1-20(18,19)3-2-6(11)9-15-16-10-7-8(13-4-12-7)14-5-17(9)10/h4-6H,2-3,11H2,1H3,(H,12,13). The number of H-pyrrole nitrogens is 1. The van der Waals surface area contributed by atoms with Crippen LogP contribution in [-0.4, -0.2) is 50.0 Å². The van der Waals surface area contributed by atoms with E-state index >= 15 is 0 Å². The van der Waals surface area contributed by atoms with Crippen LogP contribution in [0.1, 0.15) is 18.3 Å². The van der Waals surface area contributed by atoms with Gasteiger partial charge in [-0.05, 0) is 6.42 Å². The van der Waals surface area contributed by atoms with Crippen LogP contribution in [0.3, 0.4) is 0 Å². The quantitative estimate of drug-likeness (QED) is 0.659. The highest BCUT2D eigenvalue weighted by Crippen LogP contribution is 2.17. The molecule has 0 aliphatic rings. The average Bonchev–Trinajstić information content (AvgIpc) is 2.99. The molecule has 20 heavy (non-hydrogen) atoms. The van der Waals surface area contributed by atoms with E-state index in [9.17, 15) is 8.42 Å². The second-order valence-electron chi connectivity index (χ2n) is 4.62. The minimum Gasteiger partial charge on any atom is -0.340 e. The molecule has 3 heterocycles. The van der Waals surface area contributed by atoms with E-state index in [-0.39, 0.29) is 12.2 Å². The van der Waals surface area contributed by atoms with E-state index in [1.165, 1.54) is 18.9 Å². The number of rotatable bonds is 4. The Balaban J connectivity index is 1.99. The Morgan fingerprint density at radius 2 is 2.20 bits per heavy atom. The van der Waals surface area contributed by atoms with Crippen LogP contribution in [0.5, 0.6) is 0 Å². The van der Waals surface area contributed by atoms with Crippen molar-refractivity contribution >= 4 is 26.6 Å². The number of fused-ring (bicyclic) bond motifs is 3. The summed E-state index contributed by atoms with van der Waals surface area (Å²) in [6, 6.07) is -0.526. The molecule has 0 aliphatic carbocycles. The molecule has 0 bridgehead atoms. The molecule has 0 aliphatic heterocycles. The third-order valence-corrected chi connectivity index (χ3v) is 3.97. The summed E-state index contributed by atoms with van der Waals surface area (Å²) in [7, 11) is -3.06. The van der Waals surface area contributed by atoms with Crippen molar-refractivity contribution in [3.05, 3.63) is 18.5 Å². The second kappa shape index (κ2) is 4.49. The molecule has 0 fully saturated rings. The lowest BCUT2D eigenvalue weighted by Gasteiger charge is -2.08. The molecule has 106 valence electrons. The highest BCUT2D eigenvalue weighted by atomic mass is 32.2. The van der Waals surface area contributed by atoms with Crippen molar-refractivity contribution in [3.8, 4) is 0 Å². The van der Waals surface area contributed by atoms with Gasteiger partial charge in [-0.3, -0.25) is 4.40 Å². The van der Waals surface area contributed by atoms with Gasteiger partial charge in [0.1, 0.15) is 21.7 Å². The third kappa shape index (κ3) is 2.23. The van der Waals surface area contributed by atoms with Crippen molar-refractivity contribution < 1.29 is 8.42 Å². The van der Waals surface area contributed by atoms with Crippen molar-refractivity contribution in [2.45, 2.75) is 12.5 Å². The van der Waals surface area contributed by atoms with Crippen molar-refractivity contribution in [2.24, 2.45) is 5.73 Å². The highest BCUT2D eigenvalue weighted by Gasteiger charge is 2.18. The Kier molecular flexibility index (Phi) is 2.91. The van der Waals surface area contributed by atoms with E-state index in [1.807, 2.05) is 0 Å². The fourth-order valence-electron chi connectivity index (χ4n) is 1.97. The maximum atomic E-state index is 11.2. The van der Waals surface area contributed by atoms with Gasteiger partial charge in [0.2, 0.25) is 0 Å². The topological polar surface area (TPSA) is 132 Å². The summed E-state index contributed by atoms with van der Waals surface area (Å²) >= 11 is 0. The van der Waals surface area contributed by atoms with Gasteiger partial charge in [-0.1, -0.05) is 0 Å². The SMILES string of the molecule is CS(=O)(=O)CCC(N)c1nnc2c3[nH]cnc3ncn12. The molecule has 3 rings (SSSR count). The summed E-state index contributed by atoms with van der Waals surface area (Å²) in [6.45, 7) is 0. The van der Waals surface area contributed by atoms with Crippen LogP contribution in [0, 0.1) is 0 Å². The molecule has 0 saturated heterocycles. The van der Waals surface area contributed by atoms with Gasteiger partial charge in [-0.15, -0.1) is 10.2 Å². The van der Waals surface area contributed by atoms with Crippen molar-refractivity contribution in [3.63, 3.8) is 0 Å². The zero-order chi connectivity index (χ0) is 14.3. The normalized spacial score (nSPS) is 14.1. The molecular weight excluding hydrogens is 282 g/mol. The largest absolute Gasteiger partial charge is 0.340 e. The Morgan fingerprint density at radius 1 is 1.40 bits per heavy atom. The van der Waals surface area contributed by atoms with E-state index < -0.39 is 15.9 Å². The van der Waals surface area contributed by atoms with Gasteiger partial charge < -0.3 is 10.7 Å². The molecule has 3 N–H and O–H groups in total. The van der Waals surface area contributed by atoms with Gasteiger partial charge in [0.25, 0.3) is 0 Å². The number of hydrogen-bond acceptors (Lipinski definition) is 7. The summed E-state index contributed by atoms with van der Waals surface area (Å²) in [5.41, 5.74) is 7.77. The summed E-state index contributed by atoms with van der Waals surface area (Å²) in [4.78, 5) is 11.1. The van der Waals surface area contributed by atoms with Crippen LogP contribution in [0.25, 0.3) is 16.8 Å². The Labute approximate surface area is 114 Å². The maximum Gasteiger partial charge on any atom is 0.189 e. The first-order valence-electron chi connectivity index (χ1n) is 5.92. The van der Waals surface area contributed by atoms with Gasteiger partial charge in [0, 0.05) is 6.26 Å². The van der Waals surface area contributed by atoms with Crippen LogP contribution in [-0.2, 0) is 9.84 Å². The minimum absolute atomic E-state index is 0.00279. The maximum absolute atomic E-state index is 11.2. The molecule has 3 aromatic heterocycles. The third-order valence-electron chi connectivity index (χ3n) is 2.99.